The fourth-order valence-electron chi connectivity index (χ4n) is 3.63. The minimum Gasteiger partial charge on any atom is -0.390 e. The molecule has 0 amide bonds. The van der Waals surface area contributed by atoms with Crippen molar-refractivity contribution in [1.82, 2.24) is 4.90 Å². The molecule has 0 radical (unpaired) electrons. The smallest absolute Gasteiger partial charge is 0.0626 e. The van der Waals surface area contributed by atoms with Crippen molar-refractivity contribution in [2.75, 3.05) is 13.1 Å². The average Bonchev–Trinajstić information content (AvgIpc) is 2.80. The largest absolute Gasteiger partial charge is 0.390 e. The summed E-state index contributed by atoms with van der Waals surface area (Å²) in [6.45, 7) is 7.30. The molecule has 1 saturated heterocycles. The summed E-state index contributed by atoms with van der Waals surface area (Å²) in [5, 5.41) is 10.0. The van der Waals surface area contributed by atoms with Gasteiger partial charge in [-0.2, -0.15) is 0 Å². The van der Waals surface area contributed by atoms with Crippen LogP contribution in [0.25, 0.3) is 0 Å². The summed E-state index contributed by atoms with van der Waals surface area (Å²) in [7, 11) is 0. The van der Waals surface area contributed by atoms with E-state index in [0.29, 0.717) is 5.92 Å². The molecule has 3 rings (SSSR count). The summed E-state index contributed by atoms with van der Waals surface area (Å²) < 4.78 is 0. The van der Waals surface area contributed by atoms with E-state index in [1.165, 1.54) is 5.56 Å². The molecule has 3 atom stereocenters. The van der Waals surface area contributed by atoms with E-state index in [2.05, 4.69) is 35.2 Å². The van der Waals surface area contributed by atoms with Gasteiger partial charge in [-0.05, 0) is 37.2 Å². The SMILES string of the molecule is CC(C)(O)C1[C@H]2CN(Cc3ccccc3)C[C@@H]12. The molecule has 2 fully saturated rings. The average molecular weight is 231 g/mol. The summed E-state index contributed by atoms with van der Waals surface area (Å²) in [4.78, 5) is 2.52. The fraction of sp³-hybridized carbons (Fsp3) is 0.600. The van der Waals surface area contributed by atoms with E-state index in [9.17, 15) is 5.11 Å². The maximum atomic E-state index is 10.0. The van der Waals surface area contributed by atoms with Gasteiger partial charge in [0.2, 0.25) is 0 Å². The van der Waals surface area contributed by atoms with E-state index in [-0.39, 0.29) is 0 Å². The molecule has 2 nitrogen and oxygen atoms in total. The second-order valence-electron chi connectivity index (χ2n) is 6.19. The molecule has 1 unspecified atom stereocenters. The highest BCUT2D eigenvalue weighted by Gasteiger charge is 2.60. The summed E-state index contributed by atoms with van der Waals surface area (Å²) in [6, 6.07) is 10.7. The van der Waals surface area contributed by atoms with E-state index in [1.54, 1.807) is 0 Å². The Morgan fingerprint density at radius 1 is 1.18 bits per heavy atom. The monoisotopic (exact) mass is 231 g/mol. The van der Waals surface area contributed by atoms with Gasteiger partial charge in [0.25, 0.3) is 0 Å². The van der Waals surface area contributed by atoms with E-state index in [0.717, 1.165) is 31.5 Å². The lowest BCUT2D eigenvalue weighted by atomic mass is 9.99. The first-order chi connectivity index (χ1) is 8.05. The van der Waals surface area contributed by atoms with Crippen molar-refractivity contribution in [3.63, 3.8) is 0 Å². The first-order valence-corrected chi connectivity index (χ1v) is 6.54. The highest BCUT2D eigenvalue weighted by molar-refractivity contribution is 5.16. The van der Waals surface area contributed by atoms with Crippen LogP contribution in [0.4, 0.5) is 0 Å². The standard InChI is InChI=1S/C15H21NO/c1-15(2,17)14-12-9-16(10-13(12)14)8-11-6-4-3-5-7-11/h3-7,12-14,17H,8-10H2,1-2H3/t12-,13+,14?. The van der Waals surface area contributed by atoms with Crippen molar-refractivity contribution in [1.29, 1.82) is 0 Å². The van der Waals surface area contributed by atoms with Crippen molar-refractivity contribution < 1.29 is 5.11 Å². The molecular formula is C15H21NO. The van der Waals surface area contributed by atoms with Crippen LogP contribution in [-0.4, -0.2) is 28.7 Å². The van der Waals surface area contributed by atoms with Crippen LogP contribution in [0.1, 0.15) is 19.4 Å². The summed E-state index contributed by atoms with van der Waals surface area (Å²) in [5.41, 5.74) is 0.919. The zero-order valence-corrected chi connectivity index (χ0v) is 10.6. The van der Waals surface area contributed by atoms with Crippen molar-refractivity contribution in [2.45, 2.75) is 26.0 Å². The van der Waals surface area contributed by atoms with Gasteiger partial charge in [-0.3, -0.25) is 4.90 Å². The van der Waals surface area contributed by atoms with Gasteiger partial charge in [-0.15, -0.1) is 0 Å². The highest BCUT2D eigenvalue weighted by atomic mass is 16.3. The molecule has 92 valence electrons. The Bertz CT molecular complexity index is 383. The van der Waals surface area contributed by atoms with Crippen LogP contribution in [0.15, 0.2) is 30.3 Å². The Balaban J connectivity index is 1.56. The van der Waals surface area contributed by atoms with Crippen LogP contribution in [0, 0.1) is 17.8 Å². The van der Waals surface area contributed by atoms with Gasteiger partial charge in [-0.25, -0.2) is 0 Å². The molecule has 1 N–H and O–H groups in total. The number of piperidine rings is 1. The van der Waals surface area contributed by atoms with Gasteiger partial charge in [0, 0.05) is 19.6 Å². The molecule has 1 saturated carbocycles. The van der Waals surface area contributed by atoms with Crippen molar-refractivity contribution in [2.24, 2.45) is 17.8 Å². The van der Waals surface area contributed by atoms with Gasteiger partial charge >= 0.3 is 0 Å². The molecule has 0 aromatic heterocycles. The summed E-state index contributed by atoms with van der Waals surface area (Å²) in [5.74, 6) is 2.01. The molecule has 2 heteroatoms. The Hall–Kier alpha value is -0.860. The van der Waals surface area contributed by atoms with E-state index >= 15 is 0 Å². The molecule has 1 aliphatic heterocycles. The molecule has 0 bridgehead atoms. The molecule has 1 aliphatic carbocycles. The maximum absolute atomic E-state index is 10.0. The Morgan fingerprint density at radius 2 is 1.76 bits per heavy atom. The lowest BCUT2D eigenvalue weighted by Crippen LogP contribution is -2.31. The number of benzene rings is 1. The zero-order chi connectivity index (χ0) is 12.0. The first-order valence-electron chi connectivity index (χ1n) is 6.54. The molecule has 17 heavy (non-hydrogen) atoms. The number of rotatable bonds is 3. The Morgan fingerprint density at radius 3 is 2.29 bits per heavy atom. The molecule has 0 spiro atoms. The number of aliphatic hydroxyl groups is 1. The number of hydrogen-bond acceptors (Lipinski definition) is 2. The van der Waals surface area contributed by atoms with E-state index in [1.807, 2.05) is 13.8 Å². The lowest BCUT2D eigenvalue weighted by molar-refractivity contribution is 0.0367. The fourth-order valence-corrected chi connectivity index (χ4v) is 3.63. The van der Waals surface area contributed by atoms with Gasteiger partial charge in [0.1, 0.15) is 0 Å². The van der Waals surface area contributed by atoms with Gasteiger partial charge in [0.05, 0.1) is 5.60 Å². The van der Waals surface area contributed by atoms with Gasteiger partial charge in [-0.1, -0.05) is 30.3 Å². The van der Waals surface area contributed by atoms with E-state index in [4.69, 9.17) is 0 Å². The molecule has 1 aromatic rings. The quantitative estimate of drug-likeness (QED) is 0.861. The third-order valence-corrected chi connectivity index (χ3v) is 4.33. The van der Waals surface area contributed by atoms with Gasteiger partial charge < -0.3 is 5.11 Å². The van der Waals surface area contributed by atoms with Crippen LogP contribution in [-0.2, 0) is 6.54 Å². The second kappa shape index (κ2) is 3.82. The number of nitrogens with zero attached hydrogens (tertiary/aromatic N) is 1. The molecule has 2 aliphatic rings. The summed E-state index contributed by atoms with van der Waals surface area (Å²) in [6.07, 6.45) is 0. The number of hydrogen-bond donors (Lipinski definition) is 1. The van der Waals surface area contributed by atoms with Crippen molar-refractivity contribution in [3.05, 3.63) is 35.9 Å². The third kappa shape index (κ3) is 2.12. The highest BCUT2D eigenvalue weighted by Crippen LogP contribution is 2.56. The van der Waals surface area contributed by atoms with Crippen LogP contribution < -0.4 is 0 Å². The van der Waals surface area contributed by atoms with Crippen LogP contribution in [0.3, 0.4) is 0 Å². The predicted molar refractivity (Wildman–Crippen MR) is 68.5 cm³/mol. The number of fused-ring (bicyclic) bond motifs is 1. The summed E-state index contributed by atoms with van der Waals surface area (Å²) >= 11 is 0. The Kier molecular flexibility index (Phi) is 2.53. The zero-order valence-electron chi connectivity index (χ0n) is 10.6. The van der Waals surface area contributed by atoms with Crippen LogP contribution in [0.5, 0.6) is 0 Å². The molecule has 1 heterocycles. The van der Waals surface area contributed by atoms with Crippen molar-refractivity contribution in [3.8, 4) is 0 Å². The molecule has 1 aromatic carbocycles. The van der Waals surface area contributed by atoms with Crippen molar-refractivity contribution >= 4 is 0 Å². The topological polar surface area (TPSA) is 23.5 Å². The maximum Gasteiger partial charge on any atom is 0.0626 e. The first kappa shape index (κ1) is 11.2. The van der Waals surface area contributed by atoms with E-state index < -0.39 is 5.60 Å². The van der Waals surface area contributed by atoms with Crippen LogP contribution >= 0.6 is 0 Å². The Labute approximate surface area is 103 Å². The minimum absolute atomic E-state index is 0.478. The molecular weight excluding hydrogens is 210 g/mol. The second-order valence-corrected chi connectivity index (χ2v) is 6.19. The lowest BCUT2D eigenvalue weighted by Gasteiger charge is -2.24. The van der Waals surface area contributed by atoms with Gasteiger partial charge in [0.15, 0.2) is 0 Å². The predicted octanol–water partition coefficient (Wildman–Crippen LogP) is 2.14. The third-order valence-electron chi connectivity index (χ3n) is 4.33. The number of likely N-dealkylation sites (tertiary alicyclic amines) is 1. The van der Waals surface area contributed by atoms with Crippen LogP contribution in [0.2, 0.25) is 0 Å². The minimum atomic E-state index is -0.478. The normalized spacial score (nSPS) is 32.5.